The van der Waals surface area contributed by atoms with Crippen LogP contribution in [0.1, 0.15) is 24.8 Å². The van der Waals surface area contributed by atoms with Crippen LogP contribution in [0.5, 0.6) is 0 Å². The van der Waals surface area contributed by atoms with Gasteiger partial charge < -0.3 is 9.63 Å². The number of aliphatic hydroxyl groups is 1. The first-order valence-corrected chi connectivity index (χ1v) is 5.87. The van der Waals surface area contributed by atoms with Crippen molar-refractivity contribution in [1.29, 1.82) is 0 Å². The Balaban J connectivity index is 2.21. The summed E-state index contributed by atoms with van der Waals surface area (Å²) in [5.41, 5.74) is 1.24. The van der Waals surface area contributed by atoms with Gasteiger partial charge in [0.05, 0.1) is 12.5 Å². The highest BCUT2D eigenvalue weighted by molar-refractivity contribution is 5.55. The van der Waals surface area contributed by atoms with Crippen molar-refractivity contribution in [2.45, 2.75) is 32.8 Å². The number of aromatic nitrogens is 2. The third-order valence-electron chi connectivity index (χ3n) is 2.77. The number of hydrogen-bond acceptors (Lipinski definition) is 4. The molecule has 2 rings (SSSR count). The first kappa shape index (κ1) is 12.7. The van der Waals surface area contributed by atoms with Gasteiger partial charge in [0.2, 0.25) is 11.7 Å². The summed E-state index contributed by atoms with van der Waals surface area (Å²) < 4.78 is 18.2. The summed E-state index contributed by atoms with van der Waals surface area (Å²) in [4.78, 5) is 4.18. The zero-order chi connectivity index (χ0) is 13.1. The highest BCUT2D eigenvalue weighted by atomic mass is 19.1. The van der Waals surface area contributed by atoms with Crippen molar-refractivity contribution in [1.82, 2.24) is 10.1 Å². The van der Waals surface area contributed by atoms with Crippen LogP contribution in [-0.4, -0.2) is 21.4 Å². The van der Waals surface area contributed by atoms with Gasteiger partial charge in [-0.15, -0.1) is 0 Å². The molecule has 0 spiro atoms. The average molecular weight is 250 g/mol. The number of rotatable bonds is 4. The Labute approximate surface area is 104 Å². The molecule has 4 nitrogen and oxygen atoms in total. The van der Waals surface area contributed by atoms with Crippen LogP contribution >= 0.6 is 0 Å². The van der Waals surface area contributed by atoms with Gasteiger partial charge in [0.1, 0.15) is 5.82 Å². The van der Waals surface area contributed by atoms with Crippen molar-refractivity contribution in [3.05, 3.63) is 35.5 Å². The number of hydrogen-bond donors (Lipinski definition) is 1. The lowest BCUT2D eigenvalue weighted by atomic mass is 10.1. The van der Waals surface area contributed by atoms with Crippen LogP contribution in [0.2, 0.25) is 0 Å². The molecule has 0 aliphatic rings. The van der Waals surface area contributed by atoms with Gasteiger partial charge in [-0.05, 0) is 37.1 Å². The van der Waals surface area contributed by atoms with Gasteiger partial charge in [0, 0.05) is 5.56 Å². The Bertz CT molecular complexity index is 540. The van der Waals surface area contributed by atoms with Crippen LogP contribution in [0, 0.1) is 12.7 Å². The first-order valence-electron chi connectivity index (χ1n) is 5.87. The second-order valence-electron chi connectivity index (χ2n) is 4.24. The van der Waals surface area contributed by atoms with Gasteiger partial charge in [-0.3, -0.25) is 0 Å². The van der Waals surface area contributed by atoms with E-state index in [2.05, 4.69) is 10.1 Å². The molecule has 0 saturated heterocycles. The zero-order valence-electron chi connectivity index (χ0n) is 10.4. The van der Waals surface area contributed by atoms with Crippen LogP contribution in [0.25, 0.3) is 11.4 Å². The van der Waals surface area contributed by atoms with E-state index in [1.54, 1.807) is 19.1 Å². The number of halogens is 1. The Morgan fingerprint density at radius 1 is 1.44 bits per heavy atom. The third kappa shape index (κ3) is 2.73. The van der Waals surface area contributed by atoms with E-state index in [9.17, 15) is 9.50 Å². The van der Waals surface area contributed by atoms with Gasteiger partial charge in [-0.1, -0.05) is 12.1 Å². The molecule has 18 heavy (non-hydrogen) atoms. The smallest absolute Gasteiger partial charge is 0.229 e. The fourth-order valence-electron chi connectivity index (χ4n) is 1.58. The lowest BCUT2D eigenvalue weighted by Crippen LogP contribution is -2.08. The van der Waals surface area contributed by atoms with Crippen LogP contribution in [0.15, 0.2) is 22.7 Å². The molecule has 0 aliphatic heterocycles. The van der Waals surface area contributed by atoms with Crippen molar-refractivity contribution in [2.75, 3.05) is 0 Å². The maximum absolute atomic E-state index is 13.1. The molecule has 1 aromatic heterocycles. The molecule has 1 atom stereocenters. The molecule has 0 amide bonds. The molecule has 96 valence electrons. The van der Waals surface area contributed by atoms with Gasteiger partial charge in [-0.2, -0.15) is 4.98 Å². The highest BCUT2D eigenvalue weighted by Gasteiger charge is 2.12. The van der Waals surface area contributed by atoms with Crippen LogP contribution in [-0.2, 0) is 6.42 Å². The van der Waals surface area contributed by atoms with Crippen LogP contribution in [0.3, 0.4) is 0 Å². The van der Waals surface area contributed by atoms with Gasteiger partial charge in [0.25, 0.3) is 0 Å². The molecule has 1 aromatic carbocycles. The summed E-state index contributed by atoms with van der Waals surface area (Å²) >= 11 is 0. The van der Waals surface area contributed by atoms with Crippen molar-refractivity contribution >= 4 is 0 Å². The molecule has 0 saturated carbocycles. The number of aliphatic hydroxyl groups excluding tert-OH is 1. The summed E-state index contributed by atoms with van der Waals surface area (Å²) in [6.45, 7) is 3.56. The van der Waals surface area contributed by atoms with Gasteiger partial charge in [0.15, 0.2) is 0 Å². The fourth-order valence-corrected chi connectivity index (χ4v) is 1.58. The average Bonchev–Trinajstić information content (AvgIpc) is 2.81. The van der Waals surface area contributed by atoms with E-state index in [4.69, 9.17) is 4.52 Å². The Kier molecular flexibility index (Phi) is 3.72. The van der Waals surface area contributed by atoms with E-state index >= 15 is 0 Å². The second kappa shape index (κ2) is 5.27. The molecular weight excluding hydrogens is 235 g/mol. The van der Waals surface area contributed by atoms with E-state index in [1.807, 2.05) is 6.92 Å². The van der Waals surface area contributed by atoms with E-state index in [0.717, 1.165) is 0 Å². The highest BCUT2D eigenvalue weighted by Crippen LogP contribution is 2.19. The largest absolute Gasteiger partial charge is 0.393 e. The van der Waals surface area contributed by atoms with E-state index < -0.39 is 6.10 Å². The molecule has 1 unspecified atom stereocenters. The molecular formula is C13H15FN2O2. The zero-order valence-corrected chi connectivity index (χ0v) is 10.4. The predicted octanol–water partition coefficient (Wildman–Crippen LogP) is 2.50. The first-order chi connectivity index (χ1) is 8.60. The number of nitrogens with zero attached hydrogens (tertiary/aromatic N) is 2. The van der Waals surface area contributed by atoms with Crippen LogP contribution < -0.4 is 0 Å². The van der Waals surface area contributed by atoms with E-state index in [0.29, 0.717) is 35.7 Å². The van der Waals surface area contributed by atoms with E-state index in [1.165, 1.54) is 6.07 Å². The molecule has 0 aliphatic carbocycles. The number of benzene rings is 1. The van der Waals surface area contributed by atoms with Crippen molar-refractivity contribution in [3.63, 3.8) is 0 Å². The fraction of sp³-hybridized carbons (Fsp3) is 0.385. The van der Waals surface area contributed by atoms with Crippen LogP contribution in [0.4, 0.5) is 4.39 Å². The lowest BCUT2D eigenvalue weighted by Gasteiger charge is -2.01. The molecule has 0 radical (unpaired) electrons. The van der Waals surface area contributed by atoms with Crippen molar-refractivity contribution in [2.24, 2.45) is 0 Å². The minimum absolute atomic E-state index is 0.260. The Morgan fingerprint density at radius 2 is 2.22 bits per heavy atom. The normalized spacial score (nSPS) is 12.7. The summed E-state index contributed by atoms with van der Waals surface area (Å²) in [7, 11) is 0. The minimum atomic E-state index is -0.478. The SMILES string of the molecule is CCC(O)Cc1nc(-c2ccc(F)c(C)c2)no1. The monoisotopic (exact) mass is 250 g/mol. The molecule has 2 aromatic rings. The van der Waals surface area contributed by atoms with E-state index in [-0.39, 0.29) is 5.82 Å². The topological polar surface area (TPSA) is 59.2 Å². The van der Waals surface area contributed by atoms with Crippen molar-refractivity contribution in [3.8, 4) is 11.4 Å². The molecule has 1 heterocycles. The number of aryl methyl sites for hydroxylation is 1. The minimum Gasteiger partial charge on any atom is -0.393 e. The lowest BCUT2D eigenvalue weighted by molar-refractivity contribution is 0.158. The third-order valence-corrected chi connectivity index (χ3v) is 2.77. The summed E-state index contributed by atoms with van der Waals surface area (Å²) in [6, 6.07) is 4.65. The quantitative estimate of drug-likeness (QED) is 0.905. The second-order valence-corrected chi connectivity index (χ2v) is 4.24. The predicted molar refractivity (Wildman–Crippen MR) is 64.4 cm³/mol. The van der Waals surface area contributed by atoms with Gasteiger partial charge >= 0.3 is 0 Å². The maximum Gasteiger partial charge on any atom is 0.229 e. The summed E-state index contributed by atoms with van der Waals surface area (Å²) in [6.07, 6.45) is 0.491. The Hall–Kier alpha value is -1.75. The molecule has 0 fully saturated rings. The van der Waals surface area contributed by atoms with Gasteiger partial charge in [-0.25, -0.2) is 4.39 Å². The molecule has 5 heteroatoms. The summed E-state index contributed by atoms with van der Waals surface area (Å²) in [5.74, 6) is 0.543. The summed E-state index contributed by atoms with van der Waals surface area (Å²) in [5, 5.41) is 13.3. The Morgan fingerprint density at radius 3 is 2.89 bits per heavy atom. The van der Waals surface area contributed by atoms with Crippen molar-refractivity contribution < 1.29 is 14.0 Å². The maximum atomic E-state index is 13.1. The molecule has 1 N–H and O–H groups in total. The standard InChI is InChI=1S/C13H15FN2O2/c1-3-10(17)7-12-15-13(16-18-12)9-4-5-11(14)8(2)6-9/h4-6,10,17H,3,7H2,1-2H3. The molecule has 0 bridgehead atoms.